The number of benzene rings is 1. The average molecular weight is 455 g/mol. The van der Waals surface area contributed by atoms with E-state index in [4.69, 9.17) is 0 Å². The summed E-state index contributed by atoms with van der Waals surface area (Å²) >= 11 is 0. The van der Waals surface area contributed by atoms with Crippen LogP contribution < -0.4 is 0 Å². The SMILES string of the molecule is C=C/C=C(/c1cc(C)cc(F)c1)c1cc(-c2n[nH]c3cnc(-c4cn[nH]c4)cc23)[nH]c1C.CC. The molecule has 0 aliphatic carbocycles. The number of allylic oxidation sites excluding steroid dienone is 2. The third-order valence-electron chi connectivity index (χ3n) is 5.44. The van der Waals surface area contributed by atoms with Crippen LogP contribution in [0.1, 0.15) is 36.2 Å². The highest BCUT2D eigenvalue weighted by atomic mass is 19.1. The van der Waals surface area contributed by atoms with Crippen molar-refractivity contribution in [2.24, 2.45) is 0 Å². The zero-order valence-corrected chi connectivity index (χ0v) is 19.7. The summed E-state index contributed by atoms with van der Waals surface area (Å²) in [5.41, 5.74) is 8.66. The van der Waals surface area contributed by atoms with Gasteiger partial charge >= 0.3 is 0 Å². The number of H-pyrrole nitrogens is 3. The maximum atomic E-state index is 14.1. The van der Waals surface area contributed by atoms with Crippen LogP contribution in [0.5, 0.6) is 0 Å². The molecule has 5 aromatic rings. The third kappa shape index (κ3) is 4.32. The number of nitrogens with zero attached hydrogens (tertiary/aromatic N) is 3. The van der Waals surface area contributed by atoms with Crippen molar-refractivity contribution < 1.29 is 4.39 Å². The molecule has 3 N–H and O–H groups in total. The highest BCUT2D eigenvalue weighted by Crippen LogP contribution is 2.34. The molecule has 0 amide bonds. The van der Waals surface area contributed by atoms with Crippen molar-refractivity contribution in [3.8, 4) is 22.6 Å². The number of hydrogen-bond acceptors (Lipinski definition) is 3. The lowest BCUT2D eigenvalue weighted by molar-refractivity contribution is 0.626. The van der Waals surface area contributed by atoms with Gasteiger partial charge < -0.3 is 4.98 Å². The van der Waals surface area contributed by atoms with Gasteiger partial charge in [0.25, 0.3) is 0 Å². The summed E-state index contributed by atoms with van der Waals surface area (Å²) in [5, 5.41) is 15.3. The predicted octanol–water partition coefficient (Wildman–Crippen LogP) is 6.74. The van der Waals surface area contributed by atoms with Gasteiger partial charge in [-0.05, 0) is 54.8 Å². The van der Waals surface area contributed by atoms with Crippen LogP contribution >= 0.6 is 0 Å². The first-order chi connectivity index (χ1) is 16.5. The zero-order chi connectivity index (χ0) is 24.2. The largest absolute Gasteiger partial charge is 0.357 e. The molecule has 0 saturated carbocycles. The molecule has 0 aliphatic rings. The second-order valence-electron chi connectivity index (χ2n) is 7.73. The minimum absolute atomic E-state index is 0.263. The fourth-order valence-corrected chi connectivity index (χ4v) is 3.99. The molecule has 4 aromatic heterocycles. The van der Waals surface area contributed by atoms with Crippen LogP contribution in [-0.2, 0) is 0 Å². The first-order valence-corrected chi connectivity index (χ1v) is 11.2. The molecule has 4 heterocycles. The minimum atomic E-state index is -0.263. The lowest BCUT2D eigenvalue weighted by Crippen LogP contribution is -1.91. The molecule has 0 fully saturated rings. The molecule has 6 nitrogen and oxygen atoms in total. The van der Waals surface area contributed by atoms with Gasteiger partial charge in [-0.25, -0.2) is 4.39 Å². The molecule has 0 atom stereocenters. The summed E-state index contributed by atoms with van der Waals surface area (Å²) in [5.74, 6) is -0.263. The maximum Gasteiger partial charge on any atom is 0.124 e. The van der Waals surface area contributed by atoms with Crippen LogP contribution in [0.2, 0.25) is 0 Å². The number of fused-ring (bicyclic) bond motifs is 1. The van der Waals surface area contributed by atoms with E-state index in [0.29, 0.717) is 0 Å². The Labute approximate surface area is 197 Å². The average Bonchev–Trinajstić information content (AvgIpc) is 3.57. The normalized spacial score (nSPS) is 11.4. The Morgan fingerprint density at radius 3 is 2.59 bits per heavy atom. The van der Waals surface area contributed by atoms with Gasteiger partial charge in [-0.3, -0.25) is 15.2 Å². The van der Waals surface area contributed by atoms with Gasteiger partial charge in [-0.2, -0.15) is 10.2 Å². The highest BCUT2D eigenvalue weighted by molar-refractivity contribution is 5.95. The van der Waals surface area contributed by atoms with Gasteiger partial charge in [-0.15, -0.1) is 0 Å². The maximum absolute atomic E-state index is 14.1. The molecular weight excluding hydrogens is 427 g/mol. The van der Waals surface area contributed by atoms with E-state index < -0.39 is 0 Å². The van der Waals surface area contributed by atoms with Crippen LogP contribution in [0, 0.1) is 19.7 Å². The molecule has 0 aliphatic heterocycles. The highest BCUT2D eigenvalue weighted by Gasteiger charge is 2.17. The van der Waals surface area contributed by atoms with Gasteiger partial charge in [0.15, 0.2) is 0 Å². The molecule has 0 bridgehead atoms. The third-order valence-corrected chi connectivity index (χ3v) is 5.44. The summed E-state index contributed by atoms with van der Waals surface area (Å²) in [6, 6.07) is 9.06. The quantitative estimate of drug-likeness (QED) is 0.257. The Kier molecular flexibility index (Phi) is 6.54. The molecule has 0 unspecified atom stereocenters. The number of aromatic amines is 3. The second kappa shape index (κ2) is 9.70. The minimum Gasteiger partial charge on any atom is -0.357 e. The van der Waals surface area contributed by atoms with Gasteiger partial charge in [0.1, 0.15) is 11.5 Å². The van der Waals surface area contributed by atoms with Crippen LogP contribution in [0.25, 0.3) is 39.1 Å². The zero-order valence-electron chi connectivity index (χ0n) is 19.7. The van der Waals surface area contributed by atoms with Crippen molar-refractivity contribution in [1.82, 2.24) is 30.4 Å². The lowest BCUT2D eigenvalue weighted by atomic mass is 9.96. The Balaban J connectivity index is 0.00000133. The van der Waals surface area contributed by atoms with Gasteiger partial charge in [0.2, 0.25) is 0 Å². The summed E-state index contributed by atoms with van der Waals surface area (Å²) in [7, 11) is 0. The van der Waals surface area contributed by atoms with E-state index in [1.165, 1.54) is 6.07 Å². The molecule has 0 spiro atoms. The monoisotopic (exact) mass is 454 g/mol. The fourth-order valence-electron chi connectivity index (χ4n) is 3.99. The summed E-state index contributed by atoms with van der Waals surface area (Å²) in [6.07, 6.45) is 8.92. The fraction of sp³-hybridized carbons (Fsp3) is 0.148. The Morgan fingerprint density at radius 2 is 1.88 bits per heavy atom. The van der Waals surface area contributed by atoms with Crippen molar-refractivity contribution in [3.05, 3.63) is 95.9 Å². The van der Waals surface area contributed by atoms with E-state index >= 15 is 0 Å². The van der Waals surface area contributed by atoms with E-state index in [9.17, 15) is 4.39 Å². The smallest absolute Gasteiger partial charge is 0.124 e. The summed E-state index contributed by atoms with van der Waals surface area (Å²) in [6.45, 7) is 11.7. The lowest BCUT2D eigenvalue weighted by Gasteiger charge is -2.09. The number of aromatic nitrogens is 6. The van der Waals surface area contributed by atoms with Crippen LogP contribution in [-0.4, -0.2) is 30.4 Å². The number of aryl methyl sites for hydroxylation is 2. The molecule has 172 valence electrons. The molecule has 5 rings (SSSR count). The first-order valence-electron chi connectivity index (χ1n) is 11.2. The van der Waals surface area contributed by atoms with Crippen LogP contribution in [0.4, 0.5) is 4.39 Å². The van der Waals surface area contributed by atoms with E-state index in [0.717, 1.165) is 61.5 Å². The van der Waals surface area contributed by atoms with Crippen molar-refractivity contribution in [1.29, 1.82) is 0 Å². The topological polar surface area (TPSA) is 86.0 Å². The van der Waals surface area contributed by atoms with Gasteiger partial charge in [0.05, 0.1) is 29.3 Å². The standard InChI is InChI=1S/C25H21FN6.C2H6/c1-4-5-19(16-6-14(2)7-18(26)8-16)20-9-23(30-15(20)3)25-21-10-22(17-11-28-29-12-17)27-13-24(21)31-32-25;1-2/h4-13,30H,1H2,2-3H3,(H,28,29)(H,31,32);1-2H3/b19-5-;. The van der Waals surface area contributed by atoms with Crippen molar-refractivity contribution in [2.75, 3.05) is 0 Å². The van der Waals surface area contributed by atoms with E-state index in [1.54, 1.807) is 30.7 Å². The van der Waals surface area contributed by atoms with E-state index in [-0.39, 0.29) is 5.82 Å². The van der Waals surface area contributed by atoms with Crippen molar-refractivity contribution >= 4 is 16.5 Å². The Hall–Kier alpha value is -4.26. The number of hydrogen-bond donors (Lipinski definition) is 3. The molecule has 7 heteroatoms. The van der Waals surface area contributed by atoms with Gasteiger partial charge in [0, 0.05) is 28.4 Å². The van der Waals surface area contributed by atoms with Crippen molar-refractivity contribution in [3.63, 3.8) is 0 Å². The van der Waals surface area contributed by atoms with Gasteiger partial charge in [-0.1, -0.05) is 38.6 Å². The number of rotatable bonds is 5. The Morgan fingerprint density at radius 1 is 1.06 bits per heavy atom. The van der Waals surface area contributed by atoms with Crippen LogP contribution in [0.15, 0.2) is 67.7 Å². The predicted molar refractivity (Wildman–Crippen MR) is 136 cm³/mol. The summed E-state index contributed by atoms with van der Waals surface area (Å²) < 4.78 is 14.1. The molecule has 0 saturated heterocycles. The molecule has 34 heavy (non-hydrogen) atoms. The number of pyridine rings is 1. The molecular formula is C27H27FN6. The second-order valence-corrected chi connectivity index (χ2v) is 7.73. The van der Waals surface area contributed by atoms with Crippen LogP contribution in [0.3, 0.4) is 0 Å². The molecule has 0 radical (unpaired) electrons. The van der Waals surface area contributed by atoms with E-state index in [2.05, 4.69) is 36.9 Å². The van der Waals surface area contributed by atoms with Crippen molar-refractivity contribution in [2.45, 2.75) is 27.7 Å². The summed E-state index contributed by atoms with van der Waals surface area (Å²) in [4.78, 5) is 7.93. The first kappa shape index (κ1) is 22.9. The number of halogens is 1. The van der Waals surface area contributed by atoms with E-state index in [1.807, 2.05) is 52.0 Å². The molecule has 1 aromatic carbocycles. The Bertz CT molecular complexity index is 1450. The number of nitrogens with one attached hydrogen (secondary N) is 3.